The van der Waals surface area contributed by atoms with Crippen molar-refractivity contribution in [3.63, 3.8) is 0 Å². The lowest BCUT2D eigenvalue weighted by molar-refractivity contribution is 0.254. The molecule has 0 aromatic heterocycles. The molecule has 2 fully saturated rings. The van der Waals surface area contributed by atoms with E-state index in [1.807, 2.05) is 0 Å². The van der Waals surface area contributed by atoms with E-state index in [4.69, 9.17) is 0 Å². The first kappa shape index (κ1) is 13.1. The molecule has 0 heterocycles. The van der Waals surface area contributed by atoms with Crippen LogP contribution in [0.25, 0.3) is 0 Å². The van der Waals surface area contributed by atoms with E-state index in [1.54, 1.807) is 11.8 Å². The molecule has 2 unspecified atom stereocenters. The van der Waals surface area contributed by atoms with Crippen LogP contribution in [0.1, 0.15) is 37.8 Å². The molecule has 2 saturated carbocycles. The molecular weight excluding hydrogens is 252 g/mol. The molecule has 0 bridgehead atoms. The van der Waals surface area contributed by atoms with Crippen LogP contribution in [0.15, 0.2) is 60.7 Å². The maximum atomic E-state index is 2.43. The average Bonchev–Trinajstić information content (AvgIpc) is 2.65. The Morgan fingerprint density at radius 3 is 1.38 bits per heavy atom. The zero-order chi connectivity index (χ0) is 14.4. The van der Waals surface area contributed by atoms with Crippen LogP contribution < -0.4 is 0 Å². The number of rotatable bonds is 2. The van der Waals surface area contributed by atoms with Crippen LogP contribution in [-0.4, -0.2) is 0 Å². The first-order valence-corrected chi connectivity index (χ1v) is 8.05. The molecule has 2 aliphatic rings. The third-order valence-electron chi connectivity index (χ3n) is 5.53. The highest BCUT2D eigenvalue weighted by Gasteiger charge is 2.59. The third-order valence-corrected chi connectivity index (χ3v) is 5.53. The summed E-state index contributed by atoms with van der Waals surface area (Å²) in [6, 6.07) is 22.1. The van der Waals surface area contributed by atoms with E-state index in [0.29, 0.717) is 0 Å². The normalized spacial score (nSPS) is 28.1. The van der Waals surface area contributed by atoms with Crippen molar-refractivity contribution in [1.82, 2.24) is 0 Å². The van der Waals surface area contributed by atoms with Crippen LogP contribution >= 0.6 is 0 Å². The molecule has 0 aliphatic heterocycles. The highest BCUT2D eigenvalue weighted by Crippen LogP contribution is 2.67. The van der Waals surface area contributed by atoms with Crippen molar-refractivity contribution >= 4 is 0 Å². The lowest BCUT2D eigenvalue weighted by Crippen LogP contribution is -2.27. The van der Waals surface area contributed by atoms with Gasteiger partial charge in [-0.25, -0.2) is 0 Å². The highest BCUT2D eigenvalue weighted by atomic mass is 14.6. The summed E-state index contributed by atoms with van der Waals surface area (Å²) in [5, 5.41) is 0. The fourth-order valence-corrected chi connectivity index (χ4v) is 4.65. The van der Waals surface area contributed by atoms with Gasteiger partial charge in [0.2, 0.25) is 0 Å². The van der Waals surface area contributed by atoms with E-state index in [2.05, 4.69) is 74.5 Å². The van der Waals surface area contributed by atoms with Gasteiger partial charge in [-0.1, -0.05) is 74.5 Å². The molecule has 0 saturated heterocycles. The number of hydrogen-bond donors (Lipinski definition) is 0. The van der Waals surface area contributed by atoms with Gasteiger partial charge in [0.25, 0.3) is 0 Å². The molecule has 2 aromatic rings. The fourth-order valence-electron chi connectivity index (χ4n) is 4.65. The Kier molecular flexibility index (Phi) is 2.96. The monoisotopic (exact) mass is 274 g/mol. The third kappa shape index (κ3) is 1.88. The molecular formula is C21H22. The summed E-state index contributed by atoms with van der Waals surface area (Å²) in [6.45, 7) is 4.85. The van der Waals surface area contributed by atoms with Gasteiger partial charge in [0.15, 0.2) is 0 Å². The minimum atomic E-state index is 0.175. The second kappa shape index (κ2) is 4.73. The number of fused-ring (bicyclic) bond motifs is 1. The lowest BCUT2D eigenvalue weighted by atomic mass is 9.68. The summed E-state index contributed by atoms with van der Waals surface area (Å²) in [7, 11) is 0. The fraction of sp³-hybridized carbons (Fsp3) is 0.333. The molecule has 2 aromatic carbocycles. The summed E-state index contributed by atoms with van der Waals surface area (Å²) in [5.74, 6) is 4.85. The van der Waals surface area contributed by atoms with Crippen LogP contribution in [0.5, 0.6) is 0 Å². The largest absolute Gasteiger partial charge is 0.0622 e. The van der Waals surface area contributed by atoms with Crippen LogP contribution in [0, 0.1) is 29.1 Å². The first-order valence-electron chi connectivity index (χ1n) is 8.05. The van der Waals surface area contributed by atoms with Crippen molar-refractivity contribution < 1.29 is 0 Å². The average molecular weight is 274 g/mol. The van der Waals surface area contributed by atoms with Crippen LogP contribution in [0.2, 0.25) is 0 Å². The molecule has 2 aliphatic carbocycles. The first-order chi connectivity index (χ1) is 10.2. The van der Waals surface area contributed by atoms with Gasteiger partial charge in [0.05, 0.1) is 0 Å². The summed E-state index contributed by atoms with van der Waals surface area (Å²) >= 11 is 0. The predicted molar refractivity (Wildman–Crippen MR) is 87.6 cm³/mol. The van der Waals surface area contributed by atoms with Crippen molar-refractivity contribution in [2.24, 2.45) is 17.3 Å². The molecule has 4 rings (SSSR count). The Labute approximate surface area is 128 Å². The zero-order valence-electron chi connectivity index (χ0n) is 12.8. The van der Waals surface area contributed by atoms with Crippen molar-refractivity contribution in [1.29, 1.82) is 0 Å². The minimum Gasteiger partial charge on any atom is -0.0622 e. The number of hydrogen-bond acceptors (Lipinski definition) is 0. The summed E-state index contributed by atoms with van der Waals surface area (Å²) in [5.41, 5.74) is 3.07. The predicted octanol–water partition coefficient (Wildman–Crippen LogP) is 5.30. The smallest absolute Gasteiger partial charge is 0.0149 e. The van der Waals surface area contributed by atoms with Gasteiger partial charge >= 0.3 is 0 Å². The maximum absolute atomic E-state index is 2.43. The van der Waals surface area contributed by atoms with Crippen molar-refractivity contribution in [3.05, 3.63) is 83.6 Å². The van der Waals surface area contributed by atoms with Gasteiger partial charge in [0.1, 0.15) is 0 Å². The molecule has 21 heavy (non-hydrogen) atoms. The van der Waals surface area contributed by atoms with E-state index in [1.165, 1.54) is 24.0 Å². The SMILES string of the molecule is CC1(C)[C](c2ccccc2)C2CCC2[C]1c1ccccc1. The molecule has 0 amide bonds. The standard InChI is InChI=1S/C21H22/c1-21(2)19(15-9-5-3-6-10-15)17-13-14-18(17)20(21)16-11-7-4-8-12-16/h3-12,17-18H,13-14H2,1-2H3. The maximum Gasteiger partial charge on any atom is 0.0149 e. The highest BCUT2D eigenvalue weighted by molar-refractivity contribution is 5.52. The lowest BCUT2D eigenvalue weighted by Gasteiger charge is -2.36. The van der Waals surface area contributed by atoms with Crippen molar-refractivity contribution in [3.8, 4) is 0 Å². The number of benzene rings is 2. The van der Waals surface area contributed by atoms with E-state index in [9.17, 15) is 0 Å². The molecule has 0 N–H and O–H groups in total. The molecule has 106 valence electrons. The Balaban J connectivity index is 1.78. The molecule has 2 radical (unpaired) electrons. The Morgan fingerprint density at radius 1 is 0.667 bits per heavy atom. The second-order valence-corrected chi connectivity index (χ2v) is 6.97. The Bertz CT molecular complexity index is 556. The van der Waals surface area contributed by atoms with Crippen LogP contribution in [0.4, 0.5) is 0 Å². The van der Waals surface area contributed by atoms with Crippen LogP contribution in [0.3, 0.4) is 0 Å². The molecule has 2 atom stereocenters. The van der Waals surface area contributed by atoms with Crippen molar-refractivity contribution in [2.75, 3.05) is 0 Å². The zero-order valence-corrected chi connectivity index (χ0v) is 12.8. The molecule has 0 heteroatoms. The van der Waals surface area contributed by atoms with Crippen molar-refractivity contribution in [2.45, 2.75) is 26.7 Å². The van der Waals surface area contributed by atoms with Gasteiger partial charge in [0, 0.05) is 11.8 Å². The van der Waals surface area contributed by atoms with E-state index in [0.717, 1.165) is 11.8 Å². The van der Waals surface area contributed by atoms with E-state index < -0.39 is 0 Å². The second-order valence-electron chi connectivity index (χ2n) is 6.97. The summed E-state index contributed by atoms with van der Waals surface area (Å²) in [6.07, 6.45) is 2.71. The summed E-state index contributed by atoms with van der Waals surface area (Å²) < 4.78 is 0. The molecule has 0 nitrogen and oxygen atoms in total. The Morgan fingerprint density at radius 2 is 1.05 bits per heavy atom. The van der Waals surface area contributed by atoms with Crippen LogP contribution in [-0.2, 0) is 0 Å². The topological polar surface area (TPSA) is 0 Å². The van der Waals surface area contributed by atoms with Gasteiger partial charge in [-0.15, -0.1) is 0 Å². The van der Waals surface area contributed by atoms with Gasteiger partial charge in [-0.3, -0.25) is 0 Å². The summed E-state index contributed by atoms with van der Waals surface area (Å²) in [4.78, 5) is 0. The quantitative estimate of drug-likeness (QED) is 0.697. The van der Waals surface area contributed by atoms with E-state index in [-0.39, 0.29) is 5.41 Å². The molecule has 0 spiro atoms. The van der Waals surface area contributed by atoms with E-state index >= 15 is 0 Å². The Hall–Kier alpha value is -1.56. The minimum absolute atomic E-state index is 0.175. The van der Waals surface area contributed by atoms with Gasteiger partial charge in [-0.05, 0) is 41.2 Å². The van der Waals surface area contributed by atoms with Gasteiger partial charge < -0.3 is 0 Å². The van der Waals surface area contributed by atoms with Gasteiger partial charge in [-0.2, -0.15) is 0 Å².